The molecule has 7 rings (SSSR count). The number of nitrogens with zero attached hydrogens (tertiary/aromatic N) is 3. The fourth-order valence-electron chi connectivity index (χ4n) is 8.36. The number of likely N-dealkylation sites (tertiary alicyclic amines) is 1. The van der Waals surface area contributed by atoms with Crippen molar-refractivity contribution in [1.29, 1.82) is 0 Å². The van der Waals surface area contributed by atoms with Crippen molar-refractivity contribution in [2.75, 3.05) is 37.7 Å². The number of hydrogen-bond acceptors (Lipinski definition) is 7. The van der Waals surface area contributed by atoms with Crippen LogP contribution in [0.25, 0.3) is 10.2 Å². The molecule has 50 heavy (non-hydrogen) atoms. The topological polar surface area (TPSA) is 86.1 Å². The molecule has 2 saturated carbocycles. The molecule has 16 heteroatoms. The van der Waals surface area contributed by atoms with Gasteiger partial charge in [0.1, 0.15) is 10.9 Å². The molecule has 4 aliphatic rings. The summed E-state index contributed by atoms with van der Waals surface area (Å²) >= 11 is 1.12. The Kier molecular flexibility index (Phi) is 8.87. The van der Waals surface area contributed by atoms with Gasteiger partial charge in [0, 0.05) is 49.1 Å². The molecule has 2 aliphatic heterocycles. The van der Waals surface area contributed by atoms with Gasteiger partial charge in [-0.15, -0.1) is 11.3 Å². The van der Waals surface area contributed by atoms with Crippen LogP contribution in [0.4, 0.5) is 40.8 Å². The largest absolute Gasteiger partial charge is 0.403 e. The predicted molar refractivity (Wildman–Crippen MR) is 166 cm³/mol. The third kappa shape index (κ3) is 6.03. The Bertz CT molecular complexity index is 1760. The Balaban J connectivity index is 1.10. The molecule has 2 aliphatic carbocycles. The van der Waals surface area contributed by atoms with Crippen molar-refractivity contribution < 1.29 is 54.9 Å². The minimum atomic E-state index is -4.67. The number of halogens is 8. The number of alkyl halides is 6. The second-order valence-corrected chi connectivity index (χ2v) is 15.2. The van der Waals surface area contributed by atoms with E-state index in [2.05, 4.69) is 4.98 Å². The lowest BCUT2D eigenvalue weighted by molar-refractivity contribution is -0.205. The van der Waals surface area contributed by atoms with Crippen molar-refractivity contribution in [1.82, 2.24) is 9.88 Å². The van der Waals surface area contributed by atoms with Gasteiger partial charge in [-0.1, -0.05) is 18.2 Å². The Hall–Kier alpha value is -3.08. The molecule has 272 valence electrons. The molecule has 0 radical (unpaired) electrons. The van der Waals surface area contributed by atoms with E-state index in [-0.39, 0.29) is 101 Å². The van der Waals surface area contributed by atoms with Gasteiger partial charge >= 0.3 is 12.4 Å². The highest BCUT2D eigenvalue weighted by Gasteiger charge is 2.71. The van der Waals surface area contributed by atoms with Crippen molar-refractivity contribution in [3.05, 3.63) is 58.1 Å². The number of carbonyl (C=O) groups is 1. The van der Waals surface area contributed by atoms with Gasteiger partial charge in [-0.05, 0) is 55.6 Å². The van der Waals surface area contributed by atoms with Gasteiger partial charge in [0.05, 0.1) is 35.0 Å². The lowest BCUT2D eigenvalue weighted by Crippen LogP contribution is -2.65. The van der Waals surface area contributed by atoms with E-state index in [0.29, 0.717) is 21.5 Å². The zero-order chi connectivity index (χ0) is 35.8. The number of anilines is 1. The summed E-state index contributed by atoms with van der Waals surface area (Å²) in [6.07, 6.45) is -11.1. The fourth-order valence-corrected chi connectivity index (χ4v) is 9.19. The third-order valence-corrected chi connectivity index (χ3v) is 12.2. The molecule has 2 N–H and O–H groups in total. The van der Waals surface area contributed by atoms with Crippen molar-refractivity contribution in [2.24, 2.45) is 22.7 Å². The monoisotopic (exact) mass is 733 g/mol. The molecule has 1 amide bonds. The Labute approximate surface area is 285 Å². The molecule has 1 spiro atoms. The van der Waals surface area contributed by atoms with Gasteiger partial charge in [0.15, 0.2) is 17.9 Å². The van der Waals surface area contributed by atoms with Gasteiger partial charge in [0.2, 0.25) is 5.91 Å². The molecule has 0 bridgehead atoms. The Morgan fingerprint density at radius 1 is 1.04 bits per heavy atom. The van der Waals surface area contributed by atoms with Crippen LogP contribution in [-0.2, 0) is 16.1 Å². The molecule has 1 atom stereocenters. The molecule has 3 heterocycles. The van der Waals surface area contributed by atoms with Crippen LogP contribution in [-0.4, -0.2) is 71.1 Å². The molecule has 1 aromatic heterocycles. The predicted octanol–water partition coefficient (Wildman–Crippen LogP) is 7.22. The van der Waals surface area contributed by atoms with Gasteiger partial charge in [-0.2, -0.15) is 26.3 Å². The second kappa shape index (κ2) is 12.6. The number of hydrogen-bond donors (Lipinski definition) is 2. The first kappa shape index (κ1) is 35.3. The molecule has 3 aromatic rings. The SMILES string of the molecule is O=C(N1CC2(C1)CN(c1cc(F)c(F)c3ncsc13)C[C@H]2COCc1cccc(C2CCC(C(F)(F)F)CC2)c1C(O)O)C1(C(F)(F)F)CC1. The van der Waals surface area contributed by atoms with Crippen molar-refractivity contribution >= 4 is 33.1 Å². The standard InChI is InChI=1S/C34H35F8N3O4S/c35-23-10-24(28-27(26(23)36)43-17-50-28)44-11-21(31(14-44)15-45(16-31)30(48)32(8-9-32)34(40,41)42)13-49-12-19-2-1-3-22(25(19)29(46)47)18-4-6-20(7-5-18)33(37,38)39/h1-3,10,17-18,20-21,29,46-47H,4-9,11-16H2/t18?,20?,21-/m0/s1. The first-order valence-electron chi connectivity index (χ1n) is 16.5. The zero-order valence-electron chi connectivity index (χ0n) is 26.7. The average Bonchev–Trinajstić information content (AvgIpc) is 3.58. The van der Waals surface area contributed by atoms with Gasteiger partial charge < -0.3 is 24.7 Å². The normalized spacial score (nSPS) is 24.7. The quantitative estimate of drug-likeness (QED) is 0.188. The summed E-state index contributed by atoms with van der Waals surface area (Å²) in [5, 5.41) is 20.7. The van der Waals surface area contributed by atoms with E-state index in [0.717, 1.165) is 17.4 Å². The van der Waals surface area contributed by atoms with Crippen LogP contribution in [0, 0.1) is 34.3 Å². The van der Waals surface area contributed by atoms with Crippen molar-refractivity contribution in [3.8, 4) is 0 Å². The number of amides is 1. The summed E-state index contributed by atoms with van der Waals surface area (Å²) in [5.74, 6) is -5.22. The number of carbonyl (C=O) groups excluding carboxylic acids is 1. The van der Waals surface area contributed by atoms with Gasteiger partial charge in [-0.25, -0.2) is 13.8 Å². The van der Waals surface area contributed by atoms with Crippen LogP contribution in [0.3, 0.4) is 0 Å². The van der Waals surface area contributed by atoms with E-state index in [1.165, 1.54) is 10.4 Å². The number of ether oxygens (including phenoxy) is 1. The van der Waals surface area contributed by atoms with Crippen LogP contribution >= 0.6 is 11.3 Å². The van der Waals surface area contributed by atoms with Crippen molar-refractivity contribution in [2.45, 2.75) is 69.7 Å². The molecular formula is C34H35F8N3O4S. The first-order chi connectivity index (χ1) is 23.5. The molecular weight excluding hydrogens is 698 g/mol. The summed E-state index contributed by atoms with van der Waals surface area (Å²) in [4.78, 5) is 20.0. The summed E-state index contributed by atoms with van der Waals surface area (Å²) in [7, 11) is 0. The van der Waals surface area contributed by atoms with Crippen LogP contribution in [0.1, 0.15) is 67.4 Å². The van der Waals surface area contributed by atoms with Crippen molar-refractivity contribution in [3.63, 3.8) is 0 Å². The maximum absolute atomic E-state index is 14.7. The number of aliphatic hydroxyl groups is 2. The van der Waals surface area contributed by atoms with Crippen LogP contribution < -0.4 is 4.90 Å². The Morgan fingerprint density at radius 2 is 1.74 bits per heavy atom. The molecule has 2 aromatic carbocycles. The van der Waals surface area contributed by atoms with Crippen LogP contribution in [0.2, 0.25) is 0 Å². The molecule has 2 saturated heterocycles. The van der Waals surface area contributed by atoms with E-state index >= 15 is 0 Å². The van der Waals surface area contributed by atoms with Crippen LogP contribution in [0.5, 0.6) is 0 Å². The second-order valence-electron chi connectivity index (χ2n) is 14.3. The summed E-state index contributed by atoms with van der Waals surface area (Å²) in [5.41, 5.74) is -0.317. The zero-order valence-corrected chi connectivity index (χ0v) is 27.5. The minimum absolute atomic E-state index is 0.0143. The lowest BCUT2D eigenvalue weighted by Gasteiger charge is -2.52. The third-order valence-electron chi connectivity index (χ3n) is 11.3. The fraction of sp³-hybridized carbons (Fsp3) is 0.588. The number of rotatable bonds is 8. The van der Waals surface area contributed by atoms with E-state index in [9.17, 15) is 50.1 Å². The number of benzene rings is 2. The maximum Gasteiger partial charge on any atom is 0.403 e. The minimum Gasteiger partial charge on any atom is -0.376 e. The first-order valence-corrected chi connectivity index (χ1v) is 17.4. The number of thiazole rings is 1. The highest BCUT2D eigenvalue weighted by molar-refractivity contribution is 7.17. The highest BCUT2D eigenvalue weighted by Crippen LogP contribution is 2.60. The number of aromatic nitrogens is 1. The highest BCUT2D eigenvalue weighted by atomic mass is 32.1. The molecule has 0 unspecified atom stereocenters. The molecule has 7 nitrogen and oxygen atoms in total. The number of aliphatic hydroxyl groups excluding tert-OH is 1. The summed E-state index contributed by atoms with van der Waals surface area (Å²) < 4.78 is 117. The van der Waals surface area contributed by atoms with E-state index in [1.54, 1.807) is 18.2 Å². The Morgan fingerprint density at radius 3 is 2.36 bits per heavy atom. The number of fused-ring (bicyclic) bond motifs is 1. The summed E-state index contributed by atoms with van der Waals surface area (Å²) in [6, 6.07) is 6.06. The van der Waals surface area contributed by atoms with E-state index < -0.39 is 52.9 Å². The maximum atomic E-state index is 14.7. The van der Waals surface area contributed by atoms with Crippen LogP contribution in [0.15, 0.2) is 29.8 Å². The van der Waals surface area contributed by atoms with Gasteiger partial charge in [-0.3, -0.25) is 4.79 Å². The average molecular weight is 734 g/mol. The van der Waals surface area contributed by atoms with E-state index in [4.69, 9.17) is 4.74 Å². The lowest BCUT2D eigenvalue weighted by atomic mass is 9.71. The van der Waals surface area contributed by atoms with Gasteiger partial charge in [0.25, 0.3) is 0 Å². The van der Waals surface area contributed by atoms with E-state index in [1.807, 2.05) is 4.90 Å². The molecule has 4 fully saturated rings. The summed E-state index contributed by atoms with van der Waals surface area (Å²) in [6.45, 7) is 0.456. The smallest absolute Gasteiger partial charge is 0.376 e.